The van der Waals surface area contributed by atoms with Crippen molar-refractivity contribution in [3.63, 3.8) is 0 Å². The predicted octanol–water partition coefficient (Wildman–Crippen LogP) is 2.83. The first-order valence-corrected chi connectivity index (χ1v) is 7.33. The second kappa shape index (κ2) is 6.59. The minimum Gasteiger partial charge on any atom is -0.462 e. The fourth-order valence-electron chi connectivity index (χ4n) is 2.25. The third kappa shape index (κ3) is 3.62. The smallest absolute Gasteiger partial charge is 0.340 e. The number of hydrogen-bond acceptors (Lipinski definition) is 5. The number of carbonyl (C=O) groups is 1. The Morgan fingerprint density at radius 2 is 2.30 bits per heavy atom. The van der Waals surface area contributed by atoms with Gasteiger partial charge in [0.2, 0.25) is 0 Å². The molecule has 0 radical (unpaired) electrons. The van der Waals surface area contributed by atoms with Gasteiger partial charge in [0.1, 0.15) is 5.82 Å². The van der Waals surface area contributed by atoms with Crippen LogP contribution in [0.15, 0.2) is 12.3 Å². The van der Waals surface area contributed by atoms with E-state index >= 15 is 0 Å². The van der Waals surface area contributed by atoms with Crippen molar-refractivity contribution >= 4 is 17.5 Å². The van der Waals surface area contributed by atoms with Crippen LogP contribution in [0, 0.1) is 5.92 Å². The topological polar surface area (TPSA) is 77.2 Å². The van der Waals surface area contributed by atoms with E-state index in [4.69, 9.17) is 10.5 Å². The van der Waals surface area contributed by atoms with E-state index in [1.807, 2.05) is 0 Å². The summed E-state index contributed by atoms with van der Waals surface area (Å²) in [7, 11) is 0. The number of nitrogens with zero attached hydrogens (tertiary/aromatic N) is 1. The number of rotatable bonds is 7. The van der Waals surface area contributed by atoms with Crippen LogP contribution in [0.1, 0.15) is 49.9 Å². The maximum Gasteiger partial charge on any atom is 0.340 e. The van der Waals surface area contributed by atoms with Crippen molar-refractivity contribution in [3.8, 4) is 0 Å². The number of pyridine rings is 1. The molecule has 110 valence electrons. The lowest BCUT2D eigenvalue weighted by Gasteiger charge is -2.19. The quantitative estimate of drug-likeness (QED) is 0.749. The van der Waals surface area contributed by atoms with Crippen molar-refractivity contribution in [2.24, 2.45) is 5.92 Å². The molecule has 20 heavy (non-hydrogen) atoms. The number of hydrogen-bond donors (Lipinski definition) is 2. The van der Waals surface area contributed by atoms with Gasteiger partial charge >= 0.3 is 5.97 Å². The number of nitrogens with one attached hydrogen (secondary N) is 1. The highest BCUT2D eigenvalue weighted by molar-refractivity contribution is 5.97. The molecule has 0 bridgehead atoms. The van der Waals surface area contributed by atoms with Crippen LogP contribution in [0.3, 0.4) is 0 Å². The SMILES string of the molecule is CCOC(=O)c1ccnc(NC(CC)CC2CC2)c1N. The summed E-state index contributed by atoms with van der Waals surface area (Å²) in [5.74, 6) is 1.02. The Bertz CT molecular complexity index is 472. The van der Waals surface area contributed by atoms with Crippen molar-refractivity contribution in [2.75, 3.05) is 17.7 Å². The highest BCUT2D eigenvalue weighted by Gasteiger charge is 2.25. The summed E-state index contributed by atoms with van der Waals surface area (Å²) in [6.45, 7) is 4.26. The Morgan fingerprint density at radius 1 is 1.55 bits per heavy atom. The van der Waals surface area contributed by atoms with E-state index in [0.717, 1.165) is 18.8 Å². The summed E-state index contributed by atoms with van der Waals surface area (Å²) in [4.78, 5) is 16.1. The Morgan fingerprint density at radius 3 is 2.90 bits per heavy atom. The molecule has 0 aromatic carbocycles. The molecule has 1 aromatic rings. The number of aromatic nitrogens is 1. The summed E-state index contributed by atoms with van der Waals surface area (Å²) in [6.07, 6.45) is 6.39. The van der Waals surface area contributed by atoms with Gasteiger partial charge < -0.3 is 15.8 Å². The van der Waals surface area contributed by atoms with Gasteiger partial charge in [0.25, 0.3) is 0 Å². The summed E-state index contributed by atoms with van der Waals surface area (Å²) < 4.78 is 5.00. The van der Waals surface area contributed by atoms with E-state index in [0.29, 0.717) is 29.7 Å². The standard InChI is InChI=1S/C15H23N3O2/c1-3-11(9-10-5-6-10)18-14-13(16)12(7-8-17-14)15(19)20-4-2/h7-8,10-11H,3-6,9,16H2,1-2H3,(H,17,18). The summed E-state index contributed by atoms with van der Waals surface area (Å²) in [5.41, 5.74) is 6.79. The molecule has 1 unspecified atom stereocenters. The first-order valence-electron chi connectivity index (χ1n) is 7.33. The summed E-state index contributed by atoms with van der Waals surface area (Å²) >= 11 is 0. The first-order chi connectivity index (χ1) is 9.65. The molecule has 0 aliphatic heterocycles. The van der Waals surface area contributed by atoms with Crippen LogP contribution in [-0.2, 0) is 4.74 Å². The molecule has 0 amide bonds. The van der Waals surface area contributed by atoms with E-state index in [9.17, 15) is 4.79 Å². The van der Waals surface area contributed by atoms with Gasteiger partial charge in [-0.25, -0.2) is 9.78 Å². The van der Waals surface area contributed by atoms with Crippen molar-refractivity contribution in [1.29, 1.82) is 0 Å². The molecule has 5 heteroatoms. The minimum atomic E-state index is -0.398. The molecule has 1 fully saturated rings. The molecule has 1 aliphatic rings. The monoisotopic (exact) mass is 277 g/mol. The largest absolute Gasteiger partial charge is 0.462 e. The van der Waals surface area contributed by atoms with Gasteiger partial charge in [-0.15, -0.1) is 0 Å². The van der Waals surface area contributed by atoms with Crippen LogP contribution in [0.25, 0.3) is 0 Å². The van der Waals surface area contributed by atoms with E-state index in [-0.39, 0.29) is 0 Å². The molecule has 1 saturated carbocycles. The average molecular weight is 277 g/mol. The lowest BCUT2D eigenvalue weighted by atomic mass is 10.1. The second-order valence-corrected chi connectivity index (χ2v) is 5.27. The second-order valence-electron chi connectivity index (χ2n) is 5.27. The third-order valence-corrected chi connectivity index (χ3v) is 3.63. The number of esters is 1. The zero-order valence-electron chi connectivity index (χ0n) is 12.2. The molecule has 1 atom stereocenters. The van der Waals surface area contributed by atoms with Gasteiger partial charge in [0.05, 0.1) is 17.9 Å². The maximum atomic E-state index is 11.8. The normalized spacial score (nSPS) is 15.7. The van der Waals surface area contributed by atoms with Crippen LogP contribution in [0.5, 0.6) is 0 Å². The molecule has 1 aliphatic carbocycles. The summed E-state index contributed by atoms with van der Waals surface area (Å²) in [5, 5.41) is 3.36. The highest BCUT2D eigenvalue weighted by Crippen LogP contribution is 2.35. The number of ether oxygens (including phenoxy) is 1. The summed E-state index contributed by atoms with van der Waals surface area (Å²) in [6, 6.07) is 1.95. The van der Waals surface area contributed by atoms with Gasteiger partial charge in [-0.3, -0.25) is 0 Å². The zero-order chi connectivity index (χ0) is 14.5. The fraction of sp³-hybridized carbons (Fsp3) is 0.600. The molecule has 5 nitrogen and oxygen atoms in total. The predicted molar refractivity (Wildman–Crippen MR) is 79.6 cm³/mol. The van der Waals surface area contributed by atoms with Gasteiger partial charge in [-0.1, -0.05) is 19.8 Å². The van der Waals surface area contributed by atoms with E-state index < -0.39 is 5.97 Å². The van der Waals surface area contributed by atoms with Crippen molar-refractivity contribution in [2.45, 2.75) is 45.6 Å². The number of anilines is 2. The maximum absolute atomic E-state index is 11.8. The molecule has 1 heterocycles. The Hall–Kier alpha value is -1.78. The van der Waals surface area contributed by atoms with E-state index in [2.05, 4.69) is 17.2 Å². The Labute approximate surface area is 119 Å². The van der Waals surface area contributed by atoms with Crippen LogP contribution in [-0.4, -0.2) is 23.6 Å². The highest BCUT2D eigenvalue weighted by atomic mass is 16.5. The van der Waals surface area contributed by atoms with Gasteiger partial charge in [0.15, 0.2) is 0 Å². The van der Waals surface area contributed by atoms with Crippen molar-refractivity contribution in [1.82, 2.24) is 4.98 Å². The van der Waals surface area contributed by atoms with Crippen LogP contribution < -0.4 is 11.1 Å². The fourth-order valence-corrected chi connectivity index (χ4v) is 2.25. The lowest BCUT2D eigenvalue weighted by Crippen LogP contribution is -2.21. The Kier molecular flexibility index (Phi) is 4.82. The van der Waals surface area contributed by atoms with Crippen molar-refractivity contribution < 1.29 is 9.53 Å². The Balaban J connectivity index is 2.10. The molecule has 0 spiro atoms. The van der Waals surface area contributed by atoms with Crippen molar-refractivity contribution in [3.05, 3.63) is 17.8 Å². The lowest BCUT2D eigenvalue weighted by molar-refractivity contribution is 0.0527. The van der Waals surface area contributed by atoms with E-state index in [1.54, 1.807) is 19.2 Å². The molecule has 2 rings (SSSR count). The van der Waals surface area contributed by atoms with Crippen LogP contribution >= 0.6 is 0 Å². The van der Waals surface area contributed by atoms with Gasteiger partial charge in [-0.2, -0.15) is 0 Å². The number of nitrogens with two attached hydrogens (primary N) is 1. The molecular weight excluding hydrogens is 254 g/mol. The third-order valence-electron chi connectivity index (χ3n) is 3.63. The molecular formula is C15H23N3O2. The first kappa shape index (κ1) is 14.6. The van der Waals surface area contributed by atoms with Gasteiger partial charge in [-0.05, 0) is 31.7 Å². The van der Waals surface area contributed by atoms with E-state index in [1.165, 1.54) is 12.8 Å². The number of nitrogen functional groups attached to an aromatic ring is 1. The minimum absolute atomic E-state index is 0.336. The molecule has 3 N–H and O–H groups in total. The zero-order valence-corrected chi connectivity index (χ0v) is 12.2. The molecule has 0 saturated heterocycles. The number of carbonyl (C=O) groups excluding carboxylic acids is 1. The molecule has 1 aromatic heterocycles. The van der Waals surface area contributed by atoms with Crippen LogP contribution in [0.4, 0.5) is 11.5 Å². The van der Waals surface area contributed by atoms with Crippen LogP contribution in [0.2, 0.25) is 0 Å². The van der Waals surface area contributed by atoms with Gasteiger partial charge in [0, 0.05) is 12.2 Å². The average Bonchev–Trinajstić information content (AvgIpc) is 3.24.